The van der Waals surface area contributed by atoms with Crippen molar-refractivity contribution in [1.82, 2.24) is 0 Å². The van der Waals surface area contributed by atoms with Gasteiger partial charge in [0.15, 0.2) is 5.78 Å². The summed E-state index contributed by atoms with van der Waals surface area (Å²) < 4.78 is 0. The average Bonchev–Trinajstić information content (AvgIpc) is 2.44. The maximum Gasteiger partial charge on any atom is 0.156 e. The molecule has 0 heterocycles. The van der Waals surface area contributed by atoms with Crippen LogP contribution in [0.25, 0.3) is 5.57 Å². The molecule has 0 aliphatic heterocycles. The van der Waals surface area contributed by atoms with Crippen molar-refractivity contribution in [2.45, 2.75) is 31.8 Å². The van der Waals surface area contributed by atoms with Crippen molar-refractivity contribution in [3.8, 4) is 0 Å². The molecule has 1 saturated carbocycles. The third-order valence-corrected chi connectivity index (χ3v) is 5.22. The molecule has 1 fully saturated rings. The molecule has 2 heteroatoms. The Morgan fingerprint density at radius 1 is 1.16 bits per heavy atom. The van der Waals surface area contributed by atoms with Crippen molar-refractivity contribution < 1.29 is 9.90 Å². The van der Waals surface area contributed by atoms with Gasteiger partial charge in [-0.05, 0) is 53.4 Å². The molecule has 0 amide bonds. The number of carbonyl (C=O) groups is 1. The molecule has 19 heavy (non-hydrogen) atoms. The largest absolute Gasteiger partial charge is 0.388 e. The Bertz CT molecular complexity index is 572. The lowest BCUT2D eigenvalue weighted by Gasteiger charge is -2.47. The second kappa shape index (κ2) is 4.04. The fraction of sp³-hybridized carbons (Fsp3) is 0.471. The first-order valence-corrected chi connectivity index (χ1v) is 7.27. The van der Waals surface area contributed by atoms with Crippen LogP contribution in [0.4, 0.5) is 0 Å². The molecule has 4 atom stereocenters. The van der Waals surface area contributed by atoms with Gasteiger partial charge in [-0.2, -0.15) is 0 Å². The molecule has 0 radical (unpaired) electrons. The first-order chi connectivity index (χ1) is 9.25. The third-order valence-electron chi connectivity index (χ3n) is 5.22. The Balaban J connectivity index is 1.94. The highest BCUT2D eigenvalue weighted by Gasteiger charge is 2.46. The van der Waals surface area contributed by atoms with Crippen LogP contribution in [0.15, 0.2) is 30.3 Å². The van der Waals surface area contributed by atoms with Gasteiger partial charge in [0.05, 0.1) is 6.10 Å². The summed E-state index contributed by atoms with van der Waals surface area (Å²) in [6.07, 6.45) is 5.55. The maximum atomic E-state index is 12.0. The Labute approximate surface area is 113 Å². The molecule has 1 aromatic carbocycles. The first-order valence-electron chi connectivity index (χ1n) is 7.27. The summed E-state index contributed by atoms with van der Waals surface area (Å²) in [5.74, 6) is 1.43. The van der Waals surface area contributed by atoms with E-state index < -0.39 is 0 Å². The van der Waals surface area contributed by atoms with E-state index in [4.69, 9.17) is 0 Å². The van der Waals surface area contributed by atoms with E-state index in [1.165, 1.54) is 5.57 Å². The van der Waals surface area contributed by atoms with Crippen LogP contribution in [0, 0.1) is 17.8 Å². The minimum Gasteiger partial charge on any atom is -0.388 e. The summed E-state index contributed by atoms with van der Waals surface area (Å²) in [6.45, 7) is 0. The van der Waals surface area contributed by atoms with Crippen molar-refractivity contribution in [2.24, 2.45) is 17.8 Å². The van der Waals surface area contributed by atoms with E-state index in [1.54, 1.807) is 0 Å². The Hall–Kier alpha value is -1.41. The van der Waals surface area contributed by atoms with Crippen molar-refractivity contribution >= 4 is 11.4 Å². The SMILES string of the molecule is O=C1C=C2c3ccccc3[C@H](O)[C@@H]3CCC[C@H](C1)[C@@H]23. The molecule has 0 spiro atoms. The molecule has 4 rings (SSSR count). The molecule has 1 N–H and O–H groups in total. The van der Waals surface area contributed by atoms with Gasteiger partial charge in [0.2, 0.25) is 0 Å². The minimum absolute atomic E-state index is 0.267. The van der Waals surface area contributed by atoms with Crippen LogP contribution in [0.2, 0.25) is 0 Å². The Morgan fingerprint density at radius 2 is 2.00 bits per heavy atom. The number of ketones is 1. The number of hydrogen-bond acceptors (Lipinski definition) is 2. The van der Waals surface area contributed by atoms with Crippen LogP contribution < -0.4 is 0 Å². The predicted molar refractivity (Wildman–Crippen MR) is 73.3 cm³/mol. The molecule has 0 saturated heterocycles. The van der Waals surface area contributed by atoms with Crippen molar-refractivity contribution in [3.63, 3.8) is 0 Å². The number of aliphatic hydroxyl groups is 1. The monoisotopic (exact) mass is 254 g/mol. The normalized spacial score (nSPS) is 36.3. The minimum atomic E-state index is -0.352. The highest BCUT2D eigenvalue weighted by atomic mass is 16.3. The second-order valence-corrected chi connectivity index (χ2v) is 6.18. The number of benzene rings is 1. The van der Waals surface area contributed by atoms with Crippen LogP contribution in [0.3, 0.4) is 0 Å². The van der Waals surface area contributed by atoms with E-state index in [-0.39, 0.29) is 11.9 Å². The zero-order chi connectivity index (χ0) is 13.0. The first kappa shape index (κ1) is 11.4. The molecule has 3 aliphatic rings. The molecule has 98 valence electrons. The zero-order valence-electron chi connectivity index (χ0n) is 10.9. The van der Waals surface area contributed by atoms with Crippen molar-refractivity contribution in [3.05, 3.63) is 41.5 Å². The average molecular weight is 254 g/mol. The second-order valence-electron chi connectivity index (χ2n) is 6.18. The number of fused-ring (bicyclic) bond motifs is 2. The number of aliphatic hydroxyl groups excluding tert-OH is 1. The van der Waals surface area contributed by atoms with Crippen molar-refractivity contribution in [2.75, 3.05) is 0 Å². The number of rotatable bonds is 0. The van der Waals surface area contributed by atoms with Crippen molar-refractivity contribution in [1.29, 1.82) is 0 Å². The van der Waals surface area contributed by atoms with Crippen LogP contribution in [-0.2, 0) is 4.79 Å². The van der Waals surface area contributed by atoms with Gasteiger partial charge in [-0.3, -0.25) is 4.79 Å². The van der Waals surface area contributed by atoms with Gasteiger partial charge in [0, 0.05) is 6.42 Å². The standard InChI is InChI=1S/C17H18O2/c18-11-8-10-4-3-7-14-16(10)15(9-11)12-5-1-2-6-13(12)17(14)19/h1-2,5-6,9-10,14,16-17,19H,3-4,7-8H2/t10-,14-,16-,17+/m1/s1. The summed E-state index contributed by atoms with van der Waals surface area (Å²) in [4.78, 5) is 12.0. The van der Waals surface area contributed by atoms with Crippen LogP contribution in [0.1, 0.15) is 42.9 Å². The van der Waals surface area contributed by atoms with E-state index in [0.717, 1.165) is 30.4 Å². The lowest BCUT2D eigenvalue weighted by molar-refractivity contribution is -0.117. The zero-order valence-corrected chi connectivity index (χ0v) is 10.9. The van der Waals surface area contributed by atoms with Gasteiger partial charge in [0.25, 0.3) is 0 Å². The van der Waals surface area contributed by atoms with E-state index in [1.807, 2.05) is 24.3 Å². The van der Waals surface area contributed by atoms with E-state index in [0.29, 0.717) is 24.2 Å². The summed E-state index contributed by atoms with van der Waals surface area (Å²) in [6, 6.07) is 8.06. The summed E-state index contributed by atoms with van der Waals surface area (Å²) in [5, 5.41) is 10.7. The van der Waals surface area contributed by atoms with Gasteiger partial charge in [-0.25, -0.2) is 0 Å². The fourth-order valence-corrected chi connectivity index (χ4v) is 4.49. The summed E-state index contributed by atoms with van der Waals surface area (Å²) in [7, 11) is 0. The molecule has 3 aliphatic carbocycles. The highest BCUT2D eigenvalue weighted by Crippen LogP contribution is 2.55. The van der Waals surface area contributed by atoms with Crippen LogP contribution >= 0.6 is 0 Å². The Kier molecular flexibility index (Phi) is 2.43. The molecular formula is C17H18O2. The Morgan fingerprint density at radius 3 is 2.89 bits per heavy atom. The topological polar surface area (TPSA) is 37.3 Å². The van der Waals surface area contributed by atoms with Gasteiger partial charge in [-0.1, -0.05) is 30.7 Å². The molecule has 1 aromatic rings. The third kappa shape index (κ3) is 1.56. The highest BCUT2D eigenvalue weighted by molar-refractivity contribution is 6.00. The van der Waals surface area contributed by atoms with Crippen LogP contribution in [0.5, 0.6) is 0 Å². The summed E-state index contributed by atoms with van der Waals surface area (Å²) >= 11 is 0. The molecule has 2 nitrogen and oxygen atoms in total. The molecule has 0 aromatic heterocycles. The van der Waals surface area contributed by atoms with E-state index in [2.05, 4.69) is 6.07 Å². The van der Waals surface area contributed by atoms with Gasteiger partial charge < -0.3 is 5.11 Å². The van der Waals surface area contributed by atoms with Crippen LogP contribution in [-0.4, -0.2) is 10.9 Å². The lowest BCUT2D eigenvalue weighted by Crippen LogP contribution is -2.39. The molecule has 0 unspecified atom stereocenters. The number of allylic oxidation sites excluding steroid dienone is 2. The number of carbonyl (C=O) groups excluding carboxylic acids is 1. The summed E-state index contributed by atoms with van der Waals surface area (Å²) in [5.41, 5.74) is 3.33. The van der Waals surface area contributed by atoms with Gasteiger partial charge in [-0.15, -0.1) is 0 Å². The predicted octanol–water partition coefficient (Wildman–Crippen LogP) is 3.12. The van der Waals surface area contributed by atoms with E-state index >= 15 is 0 Å². The van der Waals surface area contributed by atoms with E-state index in [9.17, 15) is 9.90 Å². The smallest absolute Gasteiger partial charge is 0.156 e. The van der Waals surface area contributed by atoms with Gasteiger partial charge in [0.1, 0.15) is 0 Å². The molecular weight excluding hydrogens is 236 g/mol. The van der Waals surface area contributed by atoms with Gasteiger partial charge >= 0.3 is 0 Å². The number of hydrogen-bond donors (Lipinski definition) is 1. The maximum absolute atomic E-state index is 12.0. The molecule has 0 bridgehead atoms. The fourth-order valence-electron chi connectivity index (χ4n) is 4.49. The lowest BCUT2D eigenvalue weighted by atomic mass is 9.58. The quantitative estimate of drug-likeness (QED) is 0.772.